The van der Waals surface area contributed by atoms with Crippen molar-refractivity contribution in [1.29, 1.82) is 0 Å². The van der Waals surface area contributed by atoms with Crippen molar-refractivity contribution in [3.8, 4) is 5.75 Å². The van der Waals surface area contributed by atoms with E-state index < -0.39 is 0 Å². The Balaban J connectivity index is 2.68. The minimum atomic E-state index is 0.588. The first kappa shape index (κ1) is 11.5. The van der Waals surface area contributed by atoms with E-state index in [4.69, 9.17) is 4.74 Å². The van der Waals surface area contributed by atoms with E-state index in [0.29, 0.717) is 5.92 Å². The summed E-state index contributed by atoms with van der Waals surface area (Å²) in [5, 5.41) is 0. The molecule has 0 heterocycles. The van der Waals surface area contributed by atoms with Crippen molar-refractivity contribution < 1.29 is 4.74 Å². The molecule has 2 unspecified atom stereocenters. The second-order valence-corrected chi connectivity index (χ2v) is 4.03. The minimum Gasteiger partial charge on any atom is -0.494 e. The van der Waals surface area contributed by atoms with Crippen LogP contribution in [0.25, 0.3) is 0 Å². The molecule has 0 N–H and O–H groups in total. The van der Waals surface area contributed by atoms with E-state index in [2.05, 4.69) is 41.3 Å². The van der Waals surface area contributed by atoms with Crippen LogP contribution in [0.2, 0.25) is 0 Å². The lowest BCUT2D eigenvalue weighted by molar-refractivity contribution is 0.317. The van der Waals surface area contributed by atoms with Crippen LogP contribution in [0.5, 0.6) is 5.75 Å². The molecule has 0 fully saturated rings. The standard InChI is InChI=1S/C12H19OP/c1-3-7-13-12-6-4-5-11(8-12)10(2)9-14/h4-6,8,10H,3,7,9,14H2,1-2H3. The van der Waals surface area contributed by atoms with Gasteiger partial charge in [-0.15, -0.1) is 9.24 Å². The molecule has 0 aliphatic rings. The van der Waals surface area contributed by atoms with E-state index in [-0.39, 0.29) is 0 Å². The van der Waals surface area contributed by atoms with Gasteiger partial charge < -0.3 is 4.74 Å². The predicted octanol–water partition coefficient (Wildman–Crippen LogP) is 3.45. The predicted molar refractivity (Wildman–Crippen MR) is 65.2 cm³/mol. The largest absolute Gasteiger partial charge is 0.494 e. The number of rotatable bonds is 5. The summed E-state index contributed by atoms with van der Waals surface area (Å²) in [5.41, 5.74) is 1.36. The maximum absolute atomic E-state index is 5.58. The van der Waals surface area contributed by atoms with Crippen molar-refractivity contribution in [3.63, 3.8) is 0 Å². The highest BCUT2D eigenvalue weighted by Gasteiger charge is 2.03. The highest BCUT2D eigenvalue weighted by molar-refractivity contribution is 7.16. The first-order valence-electron chi connectivity index (χ1n) is 5.20. The van der Waals surface area contributed by atoms with Crippen LogP contribution in [0, 0.1) is 0 Å². The van der Waals surface area contributed by atoms with E-state index in [9.17, 15) is 0 Å². The van der Waals surface area contributed by atoms with Crippen LogP contribution in [-0.2, 0) is 0 Å². The zero-order valence-corrected chi connectivity index (χ0v) is 10.1. The third-order valence-electron chi connectivity index (χ3n) is 2.25. The van der Waals surface area contributed by atoms with Crippen LogP contribution in [0.1, 0.15) is 31.7 Å². The van der Waals surface area contributed by atoms with Crippen LogP contribution in [0.3, 0.4) is 0 Å². The molecule has 78 valence electrons. The zero-order valence-electron chi connectivity index (χ0n) is 8.99. The molecular weight excluding hydrogens is 191 g/mol. The van der Waals surface area contributed by atoms with Crippen molar-refractivity contribution in [2.24, 2.45) is 0 Å². The Morgan fingerprint density at radius 1 is 1.43 bits per heavy atom. The monoisotopic (exact) mass is 210 g/mol. The Kier molecular flexibility index (Phi) is 4.97. The lowest BCUT2D eigenvalue weighted by Gasteiger charge is -2.11. The molecule has 1 nitrogen and oxygen atoms in total. The Labute approximate surface area is 89.1 Å². The Morgan fingerprint density at radius 3 is 2.86 bits per heavy atom. The molecule has 1 aromatic carbocycles. The molecule has 0 saturated carbocycles. The van der Waals surface area contributed by atoms with Crippen LogP contribution in [0.4, 0.5) is 0 Å². The van der Waals surface area contributed by atoms with Gasteiger partial charge in [0.15, 0.2) is 0 Å². The summed E-state index contributed by atoms with van der Waals surface area (Å²) >= 11 is 0. The van der Waals surface area contributed by atoms with Gasteiger partial charge in [-0.3, -0.25) is 0 Å². The SMILES string of the molecule is CCCOc1cccc(C(C)CP)c1. The van der Waals surface area contributed by atoms with E-state index in [0.717, 1.165) is 24.9 Å². The second kappa shape index (κ2) is 6.03. The normalized spacial score (nSPS) is 12.5. The molecule has 1 aromatic rings. The van der Waals surface area contributed by atoms with Gasteiger partial charge in [0.1, 0.15) is 5.75 Å². The molecule has 1 rings (SSSR count). The average Bonchev–Trinajstić information content (AvgIpc) is 2.25. The Hall–Kier alpha value is -0.550. The molecule has 0 bridgehead atoms. The average molecular weight is 210 g/mol. The van der Waals surface area contributed by atoms with Gasteiger partial charge >= 0.3 is 0 Å². The molecule has 2 atom stereocenters. The number of benzene rings is 1. The third kappa shape index (κ3) is 3.31. The molecule has 0 aromatic heterocycles. The first-order chi connectivity index (χ1) is 6.77. The van der Waals surface area contributed by atoms with Gasteiger partial charge in [-0.1, -0.05) is 26.0 Å². The highest BCUT2D eigenvalue weighted by atomic mass is 31.0. The Morgan fingerprint density at radius 2 is 2.21 bits per heavy atom. The van der Waals surface area contributed by atoms with Crippen molar-refractivity contribution in [1.82, 2.24) is 0 Å². The van der Waals surface area contributed by atoms with Gasteiger partial charge in [0.2, 0.25) is 0 Å². The van der Waals surface area contributed by atoms with Crippen molar-refractivity contribution in [3.05, 3.63) is 29.8 Å². The number of hydrogen-bond acceptors (Lipinski definition) is 1. The summed E-state index contributed by atoms with van der Waals surface area (Å²) in [6.45, 7) is 5.15. The van der Waals surface area contributed by atoms with Crippen molar-refractivity contribution >= 4 is 9.24 Å². The van der Waals surface area contributed by atoms with Gasteiger partial charge in [-0.05, 0) is 36.2 Å². The highest BCUT2D eigenvalue weighted by Crippen LogP contribution is 2.22. The molecule has 0 radical (unpaired) electrons. The zero-order chi connectivity index (χ0) is 10.4. The van der Waals surface area contributed by atoms with Gasteiger partial charge in [-0.25, -0.2) is 0 Å². The summed E-state index contributed by atoms with van der Waals surface area (Å²) in [6.07, 6.45) is 2.15. The van der Waals surface area contributed by atoms with Gasteiger partial charge in [0, 0.05) is 0 Å². The molecule has 2 heteroatoms. The van der Waals surface area contributed by atoms with Gasteiger partial charge in [0.05, 0.1) is 6.61 Å². The molecular formula is C12H19OP. The van der Waals surface area contributed by atoms with E-state index >= 15 is 0 Å². The summed E-state index contributed by atoms with van der Waals surface area (Å²) in [6, 6.07) is 8.39. The fraction of sp³-hybridized carbons (Fsp3) is 0.500. The van der Waals surface area contributed by atoms with Crippen molar-refractivity contribution in [2.45, 2.75) is 26.2 Å². The summed E-state index contributed by atoms with van der Waals surface area (Å²) in [7, 11) is 2.78. The van der Waals surface area contributed by atoms with Crippen LogP contribution in [-0.4, -0.2) is 12.8 Å². The fourth-order valence-electron chi connectivity index (χ4n) is 1.27. The first-order valence-corrected chi connectivity index (χ1v) is 6.02. The smallest absolute Gasteiger partial charge is 0.119 e. The summed E-state index contributed by atoms with van der Waals surface area (Å²) < 4.78 is 5.58. The van der Waals surface area contributed by atoms with Crippen LogP contribution < -0.4 is 4.74 Å². The second-order valence-electron chi connectivity index (χ2n) is 3.56. The summed E-state index contributed by atoms with van der Waals surface area (Å²) in [5.74, 6) is 1.58. The number of hydrogen-bond donors (Lipinski definition) is 0. The summed E-state index contributed by atoms with van der Waals surface area (Å²) in [4.78, 5) is 0. The molecule has 0 spiro atoms. The maximum Gasteiger partial charge on any atom is 0.119 e. The lowest BCUT2D eigenvalue weighted by Crippen LogP contribution is -1.98. The lowest BCUT2D eigenvalue weighted by atomic mass is 10.0. The molecule has 14 heavy (non-hydrogen) atoms. The van der Waals surface area contributed by atoms with Crippen LogP contribution >= 0.6 is 9.24 Å². The minimum absolute atomic E-state index is 0.588. The quantitative estimate of drug-likeness (QED) is 0.676. The van der Waals surface area contributed by atoms with Crippen molar-refractivity contribution in [2.75, 3.05) is 12.8 Å². The molecule has 0 aliphatic heterocycles. The molecule has 0 aliphatic carbocycles. The van der Waals surface area contributed by atoms with E-state index in [1.165, 1.54) is 5.56 Å². The third-order valence-corrected chi connectivity index (χ3v) is 2.96. The fourth-order valence-corrected chi connectivity index (χ4v) is 1.54. The topological polar surface area (TPSA) is 9.23 Å². The Bertz CT molecular complexity index is 273. The maximum atomic E-state index is 5.58. The molecule has 0 amide bonds. The van der Waals surface area contributed by atoms with Gasteiger partial charge in [0.25, 0.3) is 0 Å². The van der Waals surface area contributed by atoms with E-state index in [1.54, 1.807) is 0 Å². The van der Waals surface area contributed by atoms with Crippen LogP contribution in [0.15, 0.2) is 24.3 Å². The molecule has 0 saturated heterocycles. The van der Waals surface area contributed by atoms with E-state index in [1.807, 2.05) is 6.07 Å². The van der Waals surface area contributed by atoms with Gasteiger partial charge in [-0.2, -0.15) is 0 Å². The number of ether oxygens (including phenoxy) is 1.